The predicted molar refractivity (Wildman–Crippen MR) is 91.4 cm³/mol. The van der Waals surface area contributed by atoms with Gasteiger partial charge in [0, 0.05) is 40.3 Å². The van der Waals surface area contributed by atoms with E-state index in [2.05, 4.69) is 0 Å². The molecule has 7 heteroatoms. The van der Waals surface area contributed by atoms with Gasteiger partial charge in [0.25, 0.3) is 10.2 Å². The van der Waals surface area contributed by atoms with E-state index in [1.807, 2.05) is 4.90 Å². The Morgan fingerprint density at radius 2 is 1.38 bits per heavy atom. The molecular formula is C17H29N3O3S. The minimum Gasteiger partial charge on any atom is -0.340 e. The molecule has 5 rings (SSSR count). The molecule has 0 aromatic heterocycles. The van der Waals surface area contributed by atoms with Crippen LogP contribution in [0.3, 0.4) is 0 Å². The summed E-state index contributed by atoms with van der Waals surface area (Å²) in [4.78, 5) is 15.2. The summed E-state index contributed by atoms with van der Waals surface area (Å²) in [6.07, 6.45) is 7.24. The number of piperazine rings is 1. The van der Waals surface area contributed by atoms with Crippen LogP contribution in [0.15, 0.2) is 0 Å². The lowest BCUT2D eigenvalue weighted by atomic mass is 9.49. The Kier molecular flexibility index (Phi) is 3.97. The summed E-state index contributed by atoms with van der Waals surface area (Å²) in [6.45, 7) is 1.90. The van der Waals surface area contributed by atoms with Crippen LogP contribution >= 0.6 is 0 Å². The normalized spacial score (nSPS) is 39.6. The van der Waals surface area contributed by atoms with Crippen molar-refractivity contribution < 1.29 is 13.2 Å². The summed E-state index contributed by atoms with van der Waals surface area (Å²) < 4.78 is 27.2. The number of nitrogens with zero attached hydrogens (tertiary/aromatic N) is 3. The van der Waals surface area contributed by atoms with Gasteiger partial charge in [-0.3, -0.25) is 4.79 Å². The van der Waals surface area contributed by atoms with Gasteiger partial charge in [0.2, 0.25) is 5.91 Å². The highest BCUT2D eigenvalue weighted by atomic mass is 32.2. The van der Waals surface area contributed by atoms with E-state index in [0.29, 0.717) is 32.1 Å². The molecule has 6 nitrogen and oxygen atoms in total. The monoisotopic (exact) mass is 355 g/mol. The molecule has 5 aliphatic rings. The van der Waals surface area contributed by atoms with Crippen molar-refractivity contribution in [1.82, 2.24) is 13.5 Å². The summed E-state index contributed by atoms with van der Waals surface area (Å²) in [6, 6.07) is 0. The zero-order valence-corrected chi connectivity index (χ0v) is 15.6. The highest BCUT2D eigenvalue weighted by Crippen LogP contribution is 2.60. The molecule has 0 aromatic rings. The molecule has 5 fully saturated rings. The average molecular weight is 356 g/mol. The largest absolute Gasteiger partial charge is 0.340 e. The van der Waals surface area contributed by atoms with Crippen LogP contribution in [0.25, 0.3) is 0 Å². The third-order valence-electron chi connectivity index (χ3n) is 6.81. The standard InChI is InChI=1S/C17H29N3O3S/c1-18(2)24(22,23)20-5-3-19(4-6-20)16(21)17-10-13-7-14(11-17)9-15(8-13)12-17/h13-15H,3-12H2,1-2H3. The summed E-state index contributed by atoms with van der Waals surface area (Å²) in [5, 5.41) is 0. The van der Waals surface area contributed by atoms with Crippen molar-refractivity contribution >= 4 is 16.1 Å². The molecule has 0 atom stereocenters. The molecule has 0 radical (unpaired) electrons. The van der Waals surface area contributed by atoms with Crippen LogP contribution in [-0.2, 0) is 15.0 Å². The van der Waals surface area contributed by atoms with E-state index in [9.17, 15) is 13.2 Å². The third kappa shape index (κ3) is 2.59. The van der Waals surface area contributed by atoms with E-state index in [1.165, 1.54) is 27.9 Å². The number of hydrogen-bond acceptors (Lipinski definition) is 3. The zero-order valence-electron chi connectivity index (χ0n) is 14.8. The van der Waals surface area contributed by atoms with E-state index in [-0.39, 0.29) is 5.41 Å². The number of rotatable bonds is 3. The van der Waals surface area contributed by atoms with E-state index in [1.54, 1.807) is 14.1 Å². The summed E-state index contributed by atoms with van der Waals surface area (Å²) >= 11 is 0. The SMILES string of the molecule is CN(C)S(=O)(=O)N1CCN(C(=O)C23CC4CC(CC(C4)C2)C3)CC1. The molecule has 0 aromatic carbocycles. The third-order valence-corrected chi connectivity index (χ3v) is 8.75. The van der Waals surface area contributed by atoms with Gasteiger partial charge in [0.1, 0.15) is 0 Å². The maximum Gasteiger partial charge on any atom is 0.281 e. The van der Waals surface area contributed by atoms with E-state index in [0.717, 1.165) is 37.0 Å². The fraction of sp³-hybridized carbons (Fsp3) is 0.941. The van der Waals surface area contributed by atoms with Crippen LogP contribution in [0, 0.1) is 23.2 Å². The minimum atomic E-state index is -3.37. The van der Waals surface area contributed by atoms with Gasteiger partial charge in [-0.05, 0) is 56.3 Å². The maximum absolute atomic E-state index is 13.3. The fourth-order valence-corrected chi connectivity index (χ4v) is 7.15. The quantitative estimate of drug-likeness (QED) is 0.763. The van der Waals surface area contributed by atoms with Gasteiger partial charge in [0.05, 0.1) is 5.41 Å². The maximum atomic E-state index is 13.3. The van der Waals surface area contributed by atoms with Gasteiger partial charge in [0.15, 0.2) is 0 Å². The van der Waals surface area contributed by atoms with Gasteiger partial charge in [-0.1, -0.05) is 0 Å². The number of hydrogen-bond donors (Lipinski definition) is 0. The summed E-state index contributed by atoms with van der Waals surface area (Å²) in [5.74, 6) is 2.60. The van der Waals surface area contributed by atoms with Gasteiger partial charge in [-0.15, -0.1) is 0 Å². The molecule has 0 N–H and O–H groups in total. The van der Waals surface area contributed by atoms with Gasteiger partial charge in [-0.25, -0.2) is 0 Å². The van der Waals surface area contributed by atoms with Crippen molar-refractivity contribution in [1.29, 1.82) is 0 Å². The van der Waals surface area contributed by atoms with E-state index in [4.69, 9.17) is 0 Å². The first kappa shape index (κ1) is 16.8. The van der Waals surface area contributed by atoms with Crippen molar-refractivity contribution in [2.45, 2.75) is 38.5 Å². The molecule has 0 unspecified atom stereocenters. The molecule has 4 aliphatic carbocycles. The molecule has 1 heterocycles. The second kappa shape index (κ2) is 5.68. The van der Waals surface area contributed by atoms with Crippen LogP contribution in [0.5, 0.6) is 0 Å². The van der Waals surface area contributed by atoms with E-state index >= 15 is 0 Å². The van der Waals surface area contributed by atoms with Crippen molar-refractivity contribution in [3.05, 3.63) is 0 Å². The Morgan fingerprint density at radius 3 is 1.79 bits per heavy atom. The van der Waals surface area contributed by atoms with Crippen molar-refractivity contribution in [2.24, 2.45) is 23.2 Å². The Hall–Kier alpha value is -0.660. The molecule has 0 spiro atoms. The van der Waals surface area contributed by atoms with Crippen LogP contribution < -0.4 is 0 Å². The molecule has 4 bridgehead atoms. The molecule has 1 amide bonds. The molecular weight excluding hydrogens is 326 g/mol. The molecule has 136 valence electrons. The summed E-state index contributed by atoms with van der Waals surface area (Å²) in [5.41, 5.74) is -0.114. The first-order valence-corrected chi connectivity index (χ1v) is 10.7. The van der Waals surface area contributed by atoms with Gasteiger partial charge >= 0.3 is 0 Å². The second-order valence-electron chi connectivity index (χ2n) is 8.68. The van der Waals surface area contributed by atoms with E-state index < -0.39 is 10.2 Å². The molecule has 24 heavy (non-hydrogen) atoms. The highest BCUT2D eigenvalue weighted by Gasteiger charge is 2.55. The number of amides is 1. The summed E-state index contributed by atoms with van der Waals surface area (Å²) in [7, 11) is -0.250. The van der Waals surface area contributed by atoms with Crippen LogP contribution in [0.2, 0.25) is 0 Å². The molecule has 4 saturated carbocycles. The zero-order chi connectivity index (χ0) is 17.1. The van der Waals surface area contributed by atoms with Crippen molar-refractivity contribution in [3.63, 3.8) is 0 Å². The average Bonchev–Trinajstić information content (AvgIpc) is 2.53. The predicted octanol–water partition coefficient (Wildman–Crippen LogP) is 1.15. The molecule has 1 saturated heterocycles. The first-order chi connectivity index (χ1) is 11.3. The number of carbonyl (C=O) groups is 1. The Balaban J connectivity index is 1.44. The lowest BCUT2D eigenvalue weighted by Crippen LogP contribution is -2.59. The number of carbonyl (C=O) groups excluding carboxylic acids is 1. The first-order valence-electron chi connectivity index (χ1n) is 9.27. The highest BCUT2D eigenvalue weighted by molar-refractivity contribution is 7.86. The van der Waals surface area contributed by atoms with Crippen molar-refractivity contribution in [3.8, 4) is 0 Å². The lowest BCUT2D eigenvalue weighted by molar-refractivity contribution is -0.158. The van der Waals surface area contributed by atoms with Crippen LogP contribution in [0.1, 0.15) is 38.5 Å². The van der Waals surface area contributed by atoms with Gasteiger partial charge < -0.3 is 4.90 Å². The lowest BCUT2D eigenvalue weighted by Gasteiger charge is -2.57. The Morgan fingerprint density at radius 1 is 0.917 bits per heavy atom. The van der Waals surface area contributed by atoms with Gasteiger partial charge in [-0.2, -0.15) is 17.0 Å². The smallest absolute Gasteiger partial charge is 0.281 e. The fourth-order valence-electron chi connectivity index (χ4n) is 6.06. The minimum absolute atomic E-state index is 0.114. The van der Waals surface area contributed by atoms with Crippen LogP contribution in [0.4, 0.5) is 0 Å². The molecule has 1 aliphatic heterocycles. The topological polar surface area (TPSA) is 60.9 Å². The van der Waals surface area contributed by atoms with Crippen molar-refractivity contribution in [2.75, 3.05) is 40.3 Å². The van der Waals surface area contributed by atoms with Crippen LogP contribution in [-0.4, -0.2) is 68.1 Å². The Bertz CT molecular complexity index is 588. The Labute approximate surface area is 145 Å². The second-order valence-corrected chi connectivity index (χ2v) is 10.8.